The minimum Gasteiger partial charge on any atom is -0.449 e. The standard InChI is InChI=1S/C42H37N7O13P2/c1-26(50)45-28-15-17-29(18-16-28)46-41-44-24-38(49(53)54)40(48-41)47-37-20-19-30(23-35(37)39(51)27-9-3-2-4-10-27)61-64(57,58)62-63(55,56)60-22-21-43-42(52)59-25-36-33-13-7-5-11-31(33)32-12-6-8-14-34(32)36/h2-20,23-24,36H,21-22,25H2,1H3,(H,43,52)(H,45,50)(H,55,56)(H,57,58)(H2,44,46,47,48). The van der Waals surface area contributed by atoms with Gasteiger partial charge in [0.25, 0.3) is 0 Å². The van der Waals surface area contributed by atoms with Crippen LogP contribution < -0.4 is 25.8 Å². The van der Waals surface area contributed by atoms with Crippen molar-refractivity contribution < 1.29 is 56.3 Å². The molecule has 20 nitrogen and oxygen atoms in total. The number of carbonyl (C=O) groups excluding carboxylic acids is 3. The van der Waals surface area contributed by atoms with Crippen molar-refractivity contribution in [2.75, 3.05) is 35.7 Å². The Bertz CT molecular complexity index is 2790. The Labute approximate surface area is 364 Å². The van der Waals surface area contributed by atoms with Crippen LogP contribution in [0.1, 0.15) is 39.9 Å². The van der Waals surface area contributed by atoms with Gasteiger partial charge in [0.05, 0.1) is 17.2 Å². The monoisotopic (exact) mass is 909 g/mol. The van der Waals surface area contributed by atoms with E-state index in [4.69, 9.17) is 13.8 Å². The van der Waals surface area contributed by atoms with Crippen LogP contribution in [0.4, 0.5) is 39.3 Å². The molecule has 0 radical (unpaired) electrons. The summed E-state index contributed by atoms with van der Waals surface area (Å²) in [7, 11) is -10.8. The van der Waals surface area contributed by atoms with Crippen molar-refractivity contribution in [2.45, 2.75) is 12.8 Å². The average Bonchev–Trinajstić information content (AvgIpc) is 3.58. The number of phosphoric ester groups is 2. The first kappa shape index (κ1) is 44.7. The quantitative estimate of drug-likeness (QED) is 0.0156. The number of nitrogens with one attached hydrogen (secondary N) is 4. The zero-order valence-corrected chi connectivity index (χ0v) is 35.2. The second kappa shape index (κ2) is 19.4. The molecule has 5 aromatic carbocycles. The number of hydrogen-bond donors (Lipinski definition) is 6. The number of benzene rings is 5. The maximum atomic E-state index is 13.8. The first-order valence-corrected chi connectivity index (χ1v) is 22.1. The van der Waals surface area contributed by atoms with Crippen molar-refractivity contribution in [2.24, 2.45) is 0 Å². The third kappa shape index (κ3) is 11.2. The van der Waals surface area contributed by atoms with Crippen LogP contribution in [0.15, 0.2) is 128 Å². The van der Waals surface area contributed by atoms with Crippen LogP contribution in [0.2, 0.25) is 0 Å². The maximum absolute atomic E-state index is 13.8. The number of phosphoric acid groups is 2. The number of amides is 2. The van der Waals surface area contributed by atoms with Gasteiger partial charge < -0.3 is 35.4 Å². The van der Waals surface area contributed by atoms with Crippen molar-refractivity contribution in [3.8, 4) is 16.9 Å². The zero-order chi connectivity index (χ0) is 45.4. The van der Waals surface area contributed by atoms with Gasteiger partial charge in [-0.15, -0.1) is 0 Å². The highest BCUT2D eigenvalue weighted by molar-refractivity contribution is 7.61. The maximum Gasteiger partial charge on any atom is 0.536 e. The van der Waals surface area contributed by atoms with Gasteiger partial charge in [0, 0.05) is 41.9 Å². The predicted octanol–water partition coefficient (Wildman–Crippen LogP) is 8.21. The smallest absolute Gasteiger partial charge is 0.449 e. The average molecular weight is 910 g/mol. The minimum absolute atomic E-state index is 0.0151. The van der Waals surface area contributed by atoms with Crippen molar-refractivity contribution in [1.29, 1.82) is 0 Å². The van der Waals surface area contributed by atoms with Crippen molar-refractivity contribution in [3.05, 3.63) is 160 Å². The van der Waals surface area contributed by atoms with Gasteiger partial charge in [-0.1, -0.05) is 78.9 Å². The Morgan fingerprint density at radius 1 is 0.812 bits per heavy atom. The van der Waals surface area contributed by atoms with E-state index in [0.29, 0.717) is 11.4 Å². The molecule has 6 aromatic rings. The summed E-state index contributed by atoms with van der Waals surface area (Å²) in [4.78, 5) is 78.0. The summed E-state index contributed by atoms with van der Waals surface area (Å²) in [5.74, 6) is -2.07. The topological polar surface area (TPSA) is 280 Å². The highest BCUT2D eigenvalue weighted by Crippen LogP contribution is 2.60. The molecule has 328 valence electrons. The molecular formula is C42H37N7O13P2. The number of alkyl carbamates (subject to hydrolysis) is 1. The first-order valence-electron chi connectivity index (χ1n) is 19.1. The number of hydrogen-bond acceptors (Lipinski definition) is 15. The van der Waals surface area contributed by atoms with E-state index in [1.165, 1.54) is 25.1 Å². The molecule has 0 fully saturated rings. The number of aromatic nitrogens is 2. The molecule has 2 unspecified atom stereocenters. The summed E-state index contributed by atoms with van der Waals surface area (Å²) in [5, 5.41) is 22.7. The minimum atomic E-state index is -5.48. The summed E-state index contributed by atoms with van der Waals surface area (Å²) < 4.78 is 45.5. The van der Waals surface area contributed by atoms with Crippen LogP contribution in [-0.2, 0) is 27.5 Å². The number of fused-ring (bicyclic) bond motifs is 3. The van der Waals surface area contributed by atoms with Gasteiger partial charge >= 0.3 is 27.4 Å². The molecule has 0 saturated carbocycles. The summed E-state index contributed by atoms with van der Waals surface area (Å²) >= 11 is 0. The fourth-order valence-corrected chi connectivity index (χ4v) is 8.71. The third-order valence-corrected chi connectivity index (χ3v) is 12.0. The summed E-state index contributed by atoms with van der Waals surface area (Å²) in [6.07, 6.45) is 0.0954. The normalized spacial score (nSPS) is 13.5. The molecule has 2 atom stereocenters. The van der Waals surface area contributed by atoms with Crippen LogP contribution in [-0.4, -0.2) is 62.2 Å². The number of ketones is 1. The van der Waals surface area contributed by atoms with Crippen LogP contribution >= 0.6 is 15.6 Å². The molecular weight excluding hydrogens is 872 g/mol. The molecule has 1 aliphatic rings. The second-order valence-corrected chi connectivity index (χ2v) is 16.8. The van der Waals surface area contributed by atoms with E-state index in [1.807, 2.05) is 48.5 Å². The fourth-order valence-electron chi connectivity index (χ4n) is 6.65. The van der Waals surface area contributed by atoms with E-state index >= 15 is 0 Å². The lowest BCUT2D eigenvalue weighted by Crippen LogP contribution is -2.29. The number of anilines is 5. The SMILES string of the molecule is CC(=O)Nc1ccc(Nc2ncc([N+](=O)[O-])c(Nc3ccc(OP(=O)(O)OP(=O)(O)OCCNC(=O)OCC4c5ccccc5-c5ccccc54)cc3C(=O)c3ccccc3)n2)cc1. The molecule has 64 heavy (non-hydrogen) atoms. The van der Waals surface area contributed by atoms with Gasteiger partial charge in [0.15, 0.2) is 5.78 Å². The summed E-state index contributed by atoms with van der Waals surface area (Å²) in [6, 6.07) is 33.0. The van der Waals surface area contributed by atoms with Crippen LogP contribution in [0.25, 0.3) is 11.1 Å². The molecule has 0 bridgehead atoms. The largest absolute Gasteiger partial charge is 0.536 e. The predicted molar refractivity (Wildman–Crippen MR) is 233 cm³/mol. The molecule has 1 heterocycles. The zero-order valence-electron chi connectivity index (χ0n) is 33.4. The van der Waals surface area contributed by atoms with E-state index in [9.17, 15) is 43.4 Å². The van der Waals surface area contributed by atoms with Crippen molar-refractivity contribution >= 4 is 67.9 Å². The number of nitro groups is 1. The Morgan fingerprint density at radius 3 is 2.11 bits per heavy atom. The van der Waals surface area contributed by atoms with Gasteiger partial charge in [-0.2, -0.15) is 9.29 Å². The molecule has 0 aliphatic heterocycles. The fraction of sp³-hybridized carbons (Fsp3) is 0.119. The third-order valence-electron chi connectivity index (χ3n) is 9.35. The van der Waals surface area contributed by atoms with Crippen molar-refractivity contribution in [1.82, 2.24) is 15.3 Å². The van der Waals surface area contributed by atoms with Gasteiger partial charge in [-0.25, -0.2) is 18.9 Å². The van der Waals surface area contributed by atoms with E-state index < -0.39 is 50.5 Å². The number of rotatable bonds is 18. The van der Waals surface area contributed by atoms with E-state index in [-0.39, 0.29) is 53.6 Å². The van der Waals surface area contributed by atoms with Gasteiger partial charge in [-0.05, 0) is 64.7 Å². The lowest BCUT2D eigenvalue weighted by atomic mass is 9.98. The number of carbonyl (C=O) groups is 3. The molecule has 1 aliphatic carbocycles. The lowest BCUT2D eigenvalue weighted by Gasteiger charge is -2.18. The van der Waals surface area contributed by atoms with Gasteiger partial charge in [-0.3, -0.25) is 29.1 Å². The summed E-state index contributed by atoms with van der Waals surface area (Å²) in [6.45, 7) is 0.375. The van der Waals surface area contributed by atoms with E-state index in [0.717, 1.165) is 40.6 Å². The summed E-state index contributed by atoms with van der Waals surface area (Å²) in [5.41, 5.74) is 4.34. The number of ether oxygens (including phenoxy) is 1. The van der Waals surface area contributed by atoms with E-state index in [1.54, 1.807) is 42.5 Å². The molecule has 1 aromatic heterocycles. The Kier molecular flexibility index (Phi) is 13.6. The second-order valence-electron chi connectivity index (χ2n) is 13.8. The van der Waals surface area contributed by atoms with Crippen molar-refractivity contribution in [3.63, 3.8) is 0 Å². The Morgan fingerprint density at radius 2 is 1.45 bits per heavy atom. The molecule has 6 N–H and O–H groups in total. The van der Waals surface area contributed by atoms with Crippen LogP contribution in [0.3, 0.4) is 0 Å². The highest BCUT2D eigenvalue weighted by Gasteiger charge is 2.37. The lowest BCUT2D eigenvalue weighted by molar-refractivity contribution is -0.384. The molecule has 22 heteroatoms. The van der Waals surface area contributed by atoms with Gasteiger partial charge in [0.2, 0.25) is 17.7 Å². The highest BCUT2D eigenvalue weighted by atomic mass is 31.3. The molecule has 0 saturated heterocycles. The van der Waals surface area contributed by atoms with E-state index in [2.05, 4.69) is 35.5 Å². The molecule has 7 rings (SSSR count). The number of nitrogens with zero attached hydrogens (tertiary/aromatic N) is 3. The van der Waals surface area contributed by atoms with Crippen LogP contribution in [0.5, 0.6) is 5.75 Å². The Hall–Kier alpha value is -7.31. The molecule has 0 spiro atoms. The molecule has 2 amide bonds. The Balaban J connectivity index is 0.994. The first-order chi connectivity index (χ1) is 30.6. The van der Waals surface area contributed by atoms with Gasteiger partial charge in [0.1, 0.15) is 18.6 Å². The van der Waals surface area contributed by atoms with Crippen LogP contribution in [0, 0.1) is 10.1 Å².